The molecule has 0 aliphatic rings. The highest BCUT2D eigenvalue weighted by molar-refractivity contribution is 7.90. The fourth-order valence-corrected chi connectivity index (χ4v) is 4.83. The van der Waals surface area contributed by atoms with Gasteiger partial charge in [-0.2, -0.15) is 78.9 Å². The number of hydrogen-bond donors (Lipinski definition) is 0. The number of sulfonamides is 1. The van der Waals surface area contributed by atoms with Crippen LogP contribution in [0.15, 0.2) is 0 Å². The summed E-state index contributed by atoms with van der Waals surface area (Å²) in [6.45, 7) is -1.91. The van der Waals surface area contributed by atoms with E-state index in [2.05, 4.69) is 0 Å². The van der Waals surface area contributed by atoms with Crippen LogP contribution in [-0.4, -0.2) is 124 Å². The second kappa shape index (κ2) is 11.7. The molecular formula is C17H21F17N2O5S2. The first-order valence-corrected chi connectivity index (χ1v) is 13.8. The summed E-state index contributed by atoms with van der Waals surface area (Å²) in [5.74, 6) is -52.9. The van der Waals surface area contributed by atoms with Gasteiger partial charge in [0.15, 0.2) is 0 Å². The molecule has 43 heavy (non-hydrogen) atoms. The molecule has 0 N–H and O–H groups in total. The summed E-state index contributed by atoms with van der Waals surface area (Å²) in [5.41, 5.74) is 0. The van der Waals surface area contributed by atoms with Crippen molar-refractivity contribution in [1.29, 1.82) is 0 Å². The molecule has 0 aromatic heterocycles. The Morgan fingerprint density at radius 3 is 1.26 bits per heavy atom. The van der Waals surface area contributed by atoms with E-state index < -0.39 is 90.1 Å². The Morgan fingerprint density at radius 1 is 0.581 bits per heavy atom. The zero-order valence-electron chi connectivity index (χ0n) is 21.4. The van der Waals surface area contributed by atoms with Gasteiger partial charge in [-0.05, 0) is 0 Å². The molecule has 0 aliphatic carbocycles. The zero-order chi connectivity index (χ0) is 35.3. The molecule has 7 nitrogen and oxygen atoms in total. The van der Waals surface area contributed by atoms with Crippen LogP contribution in [0, 0.1) is 0 Å². The minimum atomic E-state index is -8.90. The summed E-state index contributed by atoms with van der Waals surface area (Å²) >= 11 is 0. The Labute approximate surface area is 232 Å². The van der Waals surface area contributed by atoms with Crippen LogP contribution in [0.2, 0.25) is 0 Å². The van der Waals surface area contributed by atoms with Gasteiger partial charge in [-0.15, -0.1) is 0 Å². The molecular weight excluding hydrogens is 699 g/mol. The van der Waals surface area contributed by atoms with Crippen molar-refractivity contribution >= 4 is 20.1 Å². The van der Waals surface area contributed by atoms with Crippen molar-refractivity contribution < 1.29 is 101 Å². The van der Waals surface area contributed by atoms with Crippen molar-refractivity contribution in [3.05, 3.63) is 0 Å². The van der Waals surface area contributed by atoms with Gasteiger partial charge in [0.25, 0.3) is 10.0 Å². The van der Waals surface area contributed by atoms with E-state index in [0.717, 1.165) is 0 Å². The fraction of sp³-hybridized carbons (Fsp3) is 1.00. The van der Waals surface area contributed by atoms with Gasteiger partial charge in [0.2, 0.25) is 0 Å². The Balaban J connectivity index is 6.33. The summed E-state index contributed by atoms with van der Waals surface area (Å²) < 4.78 is 282. The van der Waals surface area contributed by atoms with Crippen LogP contribution < -0.4 is 0 Å². The Kier molecular flexibility index (Phi) is 11.4. The molecule has 0 bridgehead atoms. The summed E-state index contributed by atoms with van der Waals surface area (Å²) in [7, 11) is -9.57. The lowest BCUT2D eigenvalue weighted by Crippen LogP contribution is -2.75. The highest BCUT2D eigenvalue weighted by atomic mass is 32.2. The zero-order valence-corrected chi connectivity index (χ0v) is 23.1. The second-order valence-corrected chi connectivity index (χ2v) is 13.2. The maximum Gasteiger partial charge on any atom is 0.460 e. The van der Waals surface area contributed by atoms with Gasteiger partial charge in [0.05, 0.1) is 37.3 Å². The second-order valence-electron chi connectivity index (χ2n) is 9.64. The van der Waals surface area contributed by atoms with Crippen LogP contribution in [-0.2, 0) is 20.1 Å². The third kappa shape index (κ3) is 7.21. The Hall–Kier alpha value is -1.41. The highest BCUT2D eigenvalue weighted by Crippen LogP contribution is 2.64. The first kappa shape index (κ1) is 41.6. The number of alkyl halides is 17. The molecule has 260 valence electrons. The summed E-state index contributed by atoms with van der Waals surface area (Å²) in [6, 6.07) is 0. The van der Waals surface area contributed by atoms with Gasteiger partial charge >= 0.3 is 47.0 Å². The lowest BCUT2D eigenvalue weighted by atomic mass is 9.91. The van der Waals surface area contributed by atoms with Gasteiger partial charge in [-0.25, -0.2) is 16.8 Å². The van der Waals surface area contributed by atoms with Crippen LogP contribution in [0.3, 0.4) is 0 Å². The summed E-state index contributed by atoms with van der Waals surface area (Å²) in [4.78, 5) is 0. The van der Waals surface area contributed by atoms with E-state index in [1.54, 1.807) is 0 Å². The van der Waals surface area contributed by atoms with Crippen molar-refractivity contribution in [3.63, 3.8) is 0 Å². The molecule has 0 radical (unpaired) electrons. The van der Waals surface area contributed by atoms with Gasteiger partial charge in [-0.3, -0.25) is 0 Å². The van der Waals surface area contributed by atoms with E-state index >= 15 is 0 Å². The van der Waals surface area contributed by atoms with E-state index in [0.29, 0.717) is 0 Å². The molecule has 0 spiro atoms. The van der Waals surface area contributed by atoms with E-state index in [1.807, 2.05) is 0 Å². The molecule has 0 aromatic carbocycles. The Morgan fingerprint density at radius 2 is 0.907 bits per heavy atom. The van der Waals surface area contributed by atoms with E-state index in [9.17, 15) is 96.0 Å². The molecule has 0 heterocycles. The first-order chi connectivity index (χ1) is 18.3. The summed E-state index contributed by atoms with van der Waals surface area (Å²) in [5, 5.41) is -7.63. The number of nitrogens with zero attached hydrogens (tertiary/aromatic N) is 2. The van der Waals surface area contributed by atoms with Gasteiger partial charge in [0.1, 0.15) is 0 Å². The lowest BCUT2D eigenvalue weighted by molar-refractivity contribution is -0.890. The predicted molar refractivity (Wildman–Crippen MR) is 108 cm³/mol. The van der Waals surface area contributed by atoms with Crippen molar-refractivity contribution in [3.8, 4) is 0 Å². The molecule has 0 fully saturated rings. The number of rotatable bonds is 16. The third-order valence-electron chi connectivity index (χ3n) is 5.82. The smallest absolute Gasteiger partial charge is 0.460 e. The van der Waals surface area contributed by atoms with E-state index in [1.165, 1.54) is 14.1 Å². The minimum Gasteiger partial charge on any atom is -0.748 e. The van der Waals surface area contributed by atoms with Crippen molar-refractivity contribution in [2.24, 2.45) is 0 Å². The Bertz CT molecular complexity index is 1200. The molecule has 0 aromatic rings. The topological polar surface area (TPSA) is 94.6 Å². The van der Waals surface area contributed by atoms with Gasteiger partial charge < -0.3 is 9.04 Å². The molecule has 0 rings (SSSR count). The van der Waals surface area contributed by atoms with Crippen LogP contribution in [0.25, 0.3) is 0 Å². The van der Waals surface area contributed by atoms with Crippen LogP contribution >= 0.6 is 0 Å². The fourth-order valence-electron chi connectivity index (χ4n) is 3.13. The lowest BCUT2D eigenvalue weighted by Gasteiger charge is -2.42. The number of quaternary nitrogens is 1. The standard InChI is InChI=1S/C17H21F17N2O5S2/c1-35(6-4-7-36(2,3)8-5-9-42(37,38)39)43(40,41)17(33,34)15(28,29)13(24,25)11(20,21)10(18,19)12(22,23)14(26,27)16(30,31)32/h4-9H2,1-3H3. The van der Waals surface area contributed by atoms with Crippen LogP contribution in [0.1, 0.15) is 12.8 Å². The average molecular weight is 720 g/mol. The monoisotopic (exact) mass is 720 g/mol. The molecule has 0 aliphatic heterocycles. The number of halogens is 17. The van der Waals surface area contributed by atoms with Crippen molar-refractivity contribution in [2.45, 2.75) is 59.8 Å². The maximum absolute atomic E-state index is 14.3. The molecule has 26 heteroatoms. The summed E-state index contributed by atoms with van der Waals surface area (Å²) in [6.07, 6.45) is -8.91. The third-order valence-corrected chi connectivity index (χ3v) is 8.52. The molecule has 0 amide bonds. The number of hydrogen-bond acceptors (Lipinski definition) is 5. The van der Waals surface area contributed by atoms with Crippen LogP contribution in [0.4, 0.5) is 74.6 Å². The van der Waals surface area contributed by atoms with Crippen molar-refractivity contribution in [1.82, 2.24) is 4.31 Å². The van der Waals surface area contributed by atoms with Gasteiger partial charge in [0, 0.05) is 32.2 Å². The van der Waals surface area contributed by atoms with E-state index in [-0.39, 0.29) is 31.0 Å². The predicted octanol–water partition coefficient (Wildman–Crippen LogP) is 4.62. The highest BCUT2D eigenvalue weighted by Gasteiger charge is 2.96. The molecule has 0 saturated carbocycles. The molecule has 0 atom stereocenters. The molecule has 0 saturated heterocycles. The quantitative estimate of drug-likeness (QED) is 0.132. The van der Waals surface area contributed by atoms with Crippen LogP contribution in [0.5, 0.6) is 0 Å². The first-order valence-electron chi connectivity index (χ1n) is 10.8. The van der Waals surface area contributed by atoms with Crippen molar-refractivity contribution in [2.75, 3.05) is 46.5 Å². The van der Waals surface area contributed by atoms with E-state index in [4.69, 9.17) is 0 Å². The largest absolute Gasteiger partial charge is 0.748 e. The van der Waals surface area contributed by atoms with Gasteiger partial charge in [-0.1, -0.05) is 0 Å². The molecule has 0 unspecified atom stereocenters. The maximum atomic E-state index is 14.3. The average Bonchev–Trinajstić information content (AvgIpc) is 2.75. The normalized spacial score (nSPS) is 16.2. The SMILES string of the molecule is CN(CCC[N+](C)(C)CCCS(=O)(=O)[O-])S(=O)(=O)C(F)(F)C(F)(F)C(F)(F)C(F)(F)C(F)(F)C(F)(F)C(F)(F)C(F)(F)F. The minimum absolute atomic E-state index is 0.0632.